The van der Waals surface area contributed by atoms with Crippen molar-refractivity contribution in [2.45, 2.75) is 61.7 Å². The Morgan fingerprint density at radius 2 is 1.90 bits per heavy atom. The lowest BCUT2D eigenvalue weighted by atomic mass is 9.70. The number of fused-ring (bicyclic) bond motifs is 1. The minimum absolute atomic E-state index is 0.167. The summed E-state index contributed by atoms with van der Waals surface area (Å²) in [5.41, 5.74) is -0.598. The number of carbonyl (C=O) groups is 3. The normalized spacial score (nSPS) is 29.2. The number of likely N-dealkylation sites (tertiary alicyclic amines) is 1. The van der Waals surface area contributed by atoms with Crippen molar-refractivity contribution in [1.82, 2.24) is 9.80 Å². The number of aliphatic hydroxyl groups is 1. The zero-order valence-corrected chi connectivity index (χ0v) is 25.1. The Labute approximate surface area is 244 Å². The summed E-state index contributed by atoms with van der Waals surface area (Å²) < 4.78 is 11.9. The topological polar surface area (TPSA) is 99.6 Å². The second-order valence-corrected chi connectivity index (χ2v) is 11.8. The summed E-state index contributed by atoms with van der Waals surface area (Å²) in [5, 5.41) is 10.3. The van der Waals surface area contributed by atoms with Gasteiger partial charge >= 0.3 is 0 Å². The van der Waals surface area contributed by atoms with Gasteiger partial charge in [0.15, 0.2) is 0 Å². The fourth-order valence-corrected chi connectivity index (χ4v) is 7.67. The number of alkyl halides is 1. The molecule has 7 atom stereocenters. The van der Waals surface area contributed by atoms with Crippen LogP contribution in [0.1, 0.15) is 33.1 Å². The quantitative estimate of drug-likeness (QED) is 0.270. The second-order valence-electron chi connectivity index (χ2n) is 10.7. The van der Waals surface area contributed by atoms with Gasteiger partial charge in [-0.15, -0.1) is 13.2 Å². The van der Waals surface area contributed by atoms with Gasteiger partial charge in [-0.2, -0.15) is 0 Å². The molecule has 218 valence electrons. The van der Waals surface area contributed by atoms with Crippen molar-refractivity contribution in [3.05, 3.63) is 49.6 Å². The number of amides is 3. The van der Waals surface area contributed by atoms with Crippen molar-refractivity contribution < 1.29 is 29.0 Å². The van der Waals surface area contributed by atoms with Crippen LogP contribution in [0.4, 0.5) is 5.69 Å². The lowest BCUT2D eigenvalue weighted by molar-refractivity contribution is -0.147. The molecule has 1 spiro atoms. The molecule has 0 aromatic heterocycles. The minimum Gasteiger partial charge on any atom is -0.497 e. The van der Waals surface area contributed by atoms with Crippen molar-refractivity contribution in [3.63, 3.8) is 0 Å². The summed E-state index contributed by atoms with van der Waals surface area (Å²) in [6.07, 6.45) is 4.35. The smallest absolute Gasteiger partial charge is 0.253 e. The van der Waals surface area contributed by atoms with Gasteiger partial charge in [-0.3, -0.25) is 14.4 Å². The number of halogens is 1. The molecule has 1 N–H and O–H groups in total. The van der Waals surface area contributed by atoms with Crippen LogP contribution in [-0.4, -0.2) is 94.6 Å². The number of carbonyl (C=O) groups excluding carboxylic acids is 3. The van der Waals surface area contributed by atoms with Crippen LogP contribution in [0, 0.1) is 11.8 Å². The molecule has 0 aliphatic carbocycles. The molecular weight excluding hydrogens is 578 g/mol. The summed E-state index contributed by atoms with van der Waals surface area (Å²) in [7, 11) is 1.57. The number of methoxy groups -OCH3 is 1. The Morgan fingerprint density at radius 1 is 1.23 bits per heavy atom. The molecule has 0 radical (unpaired) electrons. The second kappa shape index (κ2) is 12.4. The van der Waals surface area contributed by atoms with E-state index in [4.69, 9.17) is 9.47 Å². The van der Waals surface area contributed by atoms with Crippen molar-refractivity contribution in [2.75, 3.05) is 38.3 Å². The first-order chi connectivity index (χ1) is 19.2. The van der Waals surface area contributed by atoms with Crippen molar-refractivity contribution in [3.8, 4) is 5.75 Å². The number of nitrogens with zero attached hydrogens (tertiary/aromatic N) is 3. The van der Waals surface area contributed by atoms with Gasteiger partial charge in [-0.1, -0.05) is 41.9 Å². The van der Waals surface area contributed by atoms with Crippen LogP contribution in [-0.2, 0) is 19.1 Å². The average Bonchev–Trinajstić information content (AvgIpc) is 3.55. The minimum atomic E-state index is -1.21. The third kappa shape index (κ3) is 4.88. The standard InChI is InChI=1S/C30H40BrN3O6/c1-6-14-32(15-7-2)27(36)23-24-28(37)34(19(9-4)18-35)26(30(24)17-22(31)25(23)40-30)29(38)33(16-8-3)20-10-12-21(39-5)13-11-20/h6,8,10-13,19,22-26,35H,1,3,7,9,14-18H2,2,4-5H3/t19-,22?,23-,24-,25-,26?,30?/m0/s1. The van der Waals surface area contributed by atoms with E-state index in [1.807, 2.05) is 13.8 Å². The third-order valence-corrected chi connectivity index (χ3v) is 9.28. The van der Waals surface area contributed by atoms with Gasteiger partial charge in [-0.25, -0.2) is 0 Å². The molecule has 1 aromatic carbocycles. The first kappa shape index (κ1) is 30.3. The fourth-order valence-electron chi connectivity index (χ4n) is 6.73. The van der Waals surface area contributed by atoms with Crippen molar-refractivity contribution in [2.24, 2.45) is 11.8 Å². The predicted octanol–water partition coefficient (Wildman–Crippen LogP) is 3.16. The average molecular weight is 619 g/mol. The molecule has 10 heteroatoms. The van der Waals surface area contributed by atoms with Crippen molar-refractivity contribution in [1.29, 1.82) is 0 Å². The van der Waals surface area contributed by atoms with E-state index in [0.717, 1.165) is 6.42 Å². The number of ether oxygens (including phenoxy) is 2. The number of rotatable bonds is 13. The molecule has 1 aromatic rings. The van der Waals surface area contributed by atoms with Gasteiger partial charge in [-0.05, 0) is 43.5 Å². The maximum atomic E-state index is 14.6. The highest BCUT2D eigenvalue weighted by atomic mass is 79.9. The highest BCUT2D eigenvalue weighted by Gasteiger charge is 2.77. The molecule has 3 unspecified atom stereocenters. The number of aliphatic hydroxyl groups excluding tert-OH is 1. The molecule has 3 amide bonds. The van der Waals surface area contributed by atoms with Gasteiger partial charge in [0, 0.05) is 30.1 Å². The summed E-state index contributed by atoms with van der Waals surface area (Å²) in [6, 6.07) is 5.47. The number of benzene rings is 1. The maximum Gasteiger partial charge on any atom is 0.253 e. The fraction of sp³-hybridized carbons (Fsp3) is 0.567. The summed E-state index contributed by atoms with van der Waals surface area (Å²) in [6.45, 7) is 12.3. The van der Waals surface area contributed by atoms with Gasteiger partial charge in [0.2, 0.25) is 11.8 Å². The summed E-state index contributed by atoms with van der Waals surface area (Å²) >= 11 is 3.73. The van der Waals surface area contributed by atoms with E-state index >= 15 is 0 Å². The van der Waals surface area contributed by atoms with E-state index in [1.165, 1.54) is 4.90 Å². The first-order valence-corrected chi connectivity index (χ1v) is 14.9. The Balaban J connectivity index is 1.82. The van der Waals surface area contributed by atoms with E-state index in [9.17, 15) is 19.5 Å². The van der Waals surface area contributed by atoms with Gasteiger partial charge in [0.1, 0.15) is 17.4 Å². The molecular formula is C30H40BrN3O6. The number of hydrogen-bond donors (Lipinski definition) is 1. The molecule has 3 aliphatic rings. The maximum absolute atomic E-state index is 14.6. The monoisotopic (exact) mass is 617 g/mol. The summed E-state index contributed by atoms with van der Waals surface area (Å²) in [5.74, 6) is -1.75. The number of anilines is 1. The van der Waals surface area contributed by atoms with E-state index in [-0.39, 0.29) is 35.7 Å². The SMILES string of the molecule is C=CCN(CCC)C(=O)[C@H]1[C@H]2C(=O)N([C@@H](CC)CO)C(C(=O)N(CC=C)c3ccc(OC)cc3)C23CC(Br)[C@@H]1O3. The zero-order chi connectivity index (χ0) is 29.2. The van der Waals surface area contributed by atoms with E-state index in [2.05, 4.69) is 29.1 Å². The Hall–Kier alpha value is -2.69. The molecule has 9 nitrogen and oxygen atoms in total. The largest absolute Gasteiger partial charge is 0.497 e. The van der Waals surface area contributed by atoms with Crippen molar-refractivity contribution >= 4 is 39.3 Å². The predicted molar refractivity (Wildman–Crippen MR) is 156 cm³/mol. The Bertz CT molecular complexity index is 1120. The Kier molecular flexibility index (Phi) is 9.42. The van der Waals surface area contributed by atoms with Gasteiger partial charge in [0.05, 0.1) is 37.7 Å². The third-order valence-electron chi connectivity index (χ3n) is 8.44. The number of hydrogen-bond acceptors (Lipinski definition) is 6. The summed E-state index contributed by atoms with van der Waals surface area (Å²) in [4.78, 5) is 47.5. The first-order valence-electron chi connectivity index (χ1n) is 13.9. The lowest BCUT2D eigenvalue weighted by Gasteiger charge is -2.39. The van der Waals surface area contributed by atoms with Crippen LogP contribution in [0.25, 0.3) is 0 Å². The van der Waals surface area contributed by atoms with Crippen LogP contribution in [0.2, 0.25) is 0 Å². The Morgan fingerprint density at radius 3 is 2.45 bits per heavy atom. The molecule has 3 aliphatic heterocycles. The molecule has 2 bridgehead atoms. The van der Waals surface area contributed by atoms with E-state index < -0.39 is 35.6 Å². The molecule has 0 saturated carbocycles. The van der Waals surface area contributed by atoms with Gasteiger partial charge in [0.25, 0.3) is 5.91 Å². The van der Waals surface area contributed by atoms with Crippen LogP contribution in [0.15, 0.2) is 49.6 Å². The van der Waals surface area contributed by atoms with Crippen LogP contribution >= 0.6 is 15.9 Å². The molecule has 3 saturated heterocycles. The molecule has 3 fully saturated rings. The molecule has 4 rings (SSSR count). The van der Waals surface area contributed by atoms with Gasteiger partial charge < -0.3 is 29.3 Å². The van der Waals surface area contributed by atoms with Crippen LogP contribution < -0.4 is 9.64 Å². The highest BCUT2D eigenvalue weighted by molar-refractivity contribution is 9.09. The highest BCUT2D eigenvalue weighted by Crippen LogP contribution is 2.61. The van der Waals surface area contributed by atoms with Crippen LogP contribution in [0.3, 0.4) is 0 Å². The van der Waals surface area contributed by atoms with Crippen LogP contribution in [0.5, 0.6) is 5.75 Å². The van der Waals surface area contributed by atoms with E-state index in [0.29, 0.717) is 37.4 Å². The van der Waals surface area contributed by atoms with E-state index in [1.54, 1.807) is 53.3 Å². The zero-order valence-electron chi connectivity index (χ0n) is 23.5. The lowest BCUT2D eigenvalue weighted by Crippen LogP contribution is -2.59. The molecule has 40 heavy (non-hydrogen) atoms. The molecule has 3 heterocycles.